The summed E-state index contributed by atoms with van der Waals surface area (Å²) < 4.78 is 2.58. The Morgan fingerprint density at radius 3 is 2.71 bits per heavy atom. The molecular weight excluding hydrogens is 429 g/mol. The molecule has 0 aromatic carbocycles. The molecule has 0 aliphatic carbocycles. The van der Waals surface area contributed by atoms with Crippen LogP contribution < -0.4 is 5.32 Å². The summed E-state index contributed by atoms with van der Waals surface area (Å²) in [5, 5.41) is 5.81. The normalized spacial score (nSPS) is 12.9. The molecule has 0 amide bonds. The summed E-state index contributed by atoms with van der Waals surface area (Å²) in [6.07, 6.45) is 0. The van der Waals surface area contributed by atoms with Gasteiger partial charge in [-0.05, 0) is 80.6 Å². The Morgan fingerprint density at radius 2 is 2.24 bits per heavy atom. The van der Waals surface area contributed by atoms with Crippen LogP contribution in [0, 0.1) is 9.81 Å². The van der Waals surface area contributed by atoms with E-state index in [9.17, 15) is 0 Å². The fraction of sp³-hybridized carbons (Fsp3) is 0.333. The summed E-state index contributed by atoms with van der Waals surface area (Å²) in [4.78, 5) is 1.38. The van der Waals surface area contributed by atoms with E-state index in [-0.39, 0.29) is 0 Å². The highest BCUT2D eigenvalue weighted by Gasteiger charge is 2.17. The van der Waals surface area contributed by atoms with Gasteiger partial charge in [-0.2, -0.15) is 0 Å². The van der Waals surface area contributed by atoms with Gasteiger partial charge in [0.2, 0.25) is 0 Å². The molecule has 2 aromatic rings. The zero-order valence-corrected chi connectivity index (χ0v) is 15.0. The lowest BCUT2D eigenvalue weighted by Gasteiger charge is -2.14. The van der Waals surface area contributed by atoms with E-state index in [1.807, 2.05) is 11.3 Å². The third-order valence-corrected chi connectivity index (χ3v) is 6.50. The second-order valence-electron chi connectivity index (χ2n) is 3.78. The Balaban J connectivity index is 2.34. The second kappa shape index (κ2) is 6.14. The zero-order chi connectivity index (χ0) is 12.4. The average molecular weight is 442 g/mol. The first kappa shape index (κ1) is 14.0. The van der Waals surface area contributed by atoms with E-state index < -0.39 is 0 Å². The maximum atomic E-state index is 3.61. The van der Waals surface area contributed by atoms with Crippen LogP contribution in [0.1, 0.15) is 29.0 Å². The molecule has 0 aliphatic rings. The highest BCUT2D eigenvalue weighted by molar-refractivity contribution is 14.1. The summed E-state index contributed by atoms with van der Waals surface area (Å²) in [7, 11) is 0. The lowest BCUT2D eigenvalue weighted by Crippen LogP contribution is -2.20. The largest absolute Gasteiger partial charge is 0.306 e. The molecule has 0 radical (unpaired) electrons. The van der Waals surface area contributed by atoms with Gasteiger partial charge in [0, 0.05) is 4.88 Å². The smallest absolute Gasteiger partial charge is 0.0731 e. The molecule has 2 heterocycles. The molecule has 0 spiro atoms. The number of hydrogen-bond acceptors (Lipinski definition) is 3. The molecule has 0 aliphatic heterocycles. The van der Waals surface area contributed by atoms with Crippen molar-refractivity contribution in [3.63, 3.8) is 0 Å². The lowest BCUT2D eigenvalue weighted by molar-refractivity contribution is 0.641. The quantitative estimate of drug-likeness (QED) is 0.644. The van der Waals surface area contributed by atoms with E-state index in [0.717, 1.165) is 6.54 Å². The molecule has 2 aromatic heterocycles. The minimum absolute atomic E-state index is 0.328. The van der Waals surface area contributed by atoms with Crippen LogP contribution in [-0.4, -0.2) is 6.54 Å². The summed E-state index contributed by atoms with van der Waals surface area (Å²) in [5.41, 5.74) is 2.69. The molecule has 2 rings (SSSR count). The number of aryl methyl sites for hydroxylation is 1. The van der Waals surface area contributed by atoms with Crippen LogP contribution in [0.2, 0.25) is 0 Å². The topological polar surface area (TPSA) is 12.0 Å². The standard InChI is InChI=1S/C12H13BrINS2/c1-3-15-11(8-5-10(14)16-6-8)9-4-7(2)12(13)17-9/h4-6,11,15H,3H2,1-2H3. The van der Waals surface area contributed by atoms with Crippen molar-refractivity contribution in [2.45, 2.75) is 19.9 Å². The van der Waals surface area contributed by atoms with Gasteiger partial charge in [0.05, 0.1) is 12.7 Å². The van der Waals surface area contributed by atoms with Gasteiger partial charge < -0.3 is 5.32 Å². The molecule has 1 atom stereocenters. The Labute approximate surface area is 132 Å². The van der Waals surface area contributed by atoms with Gasteiger partial charge in [-0.25, -0.2) is 0 Å². The van der Waals surface area contributed by atoms with Gasteiger partial charge in [-0.3, -0.25) is 0 Å². The van der Waals surface area contributed by atoms with Crippen LogP contribution in [-0.2, 0) is 0 Å². The van der Waals surface area contributed by atoms with Crippen molar-refractivity contribution >= 4 is 61.2 Å². The zero-order valence-electron chi connectivity index (χ0n) is 9.59. The summed E-state index contributed by atoms with van der Waals surface area (Å²) >= 11 is 9.61. The Hall–Kier alpha value is 0.570. The summed E-state index contributed by atoms with van der Waals surface area (Å²) in [5.74, 6) is 0. The van der Waals surface area contributed by atoms with Crippen molar-refractivity contribution in [2.24, 2.45) is 0 Å². The molecular formula is C12H13BrINS2. The van der Waals surface area contributed by atoms with E-state index in [0.29, 0.717) is 6.04 Å². The highest BCUT2D eigenvalue weighted by atomic mass is 127. The first-order valence-electron chi connectivity index (χ1n) is 5.35. The van der Waals surface area contributed by atoms with E-state index in [2.05, 4.69) is 75.2 Å². The number of hydrogen-bond donors (Lipinski definition) is 1. The first-order valence-corrected chi connectivity index (χ1v) is 8.91. The molecule has 1 unspecified atom stereocenters. The van der Waals surface area contributed by atoms with Crippen LogP contribution in [0.5, 0.6) is 0 Å². The predicted molar refractivity (Wildman–Crippen MR) is 89.3 cm³/mol. The van der Waals surface area contributed by atoms with Crippen molar-refractivity contribution < 1.29 is 0 Å². The van der Waals surface area contributed by atoms with Crippen LogP contribution >= 0.6 is 61.2 Å². The SMILES string of the molecule is CCNC(c1csc(I)c1)c1cc(C)c(Br)s1. The Morgan fingerprint density at radius 1 is 1.47 bits per heavy atom. The number of thiophene rings is 2. The molecule has 0 saturated heterocycles. The highest BCUT2D eigenvalue weighted by Crippen LogP contribution is 2.35. The molecule has 1 N–H and O–H groups in total. The van der Waals surface area contributed by atoms with Crippen molar-refractivity contribution in [1.82, 2.24) is 5.32 Å². The lowest BCUT2D eigenvalue weighted by atomic mass is 10.1. The molecule has 5 heteroatoms. The predicted octanol–water partition coefficient (Wildman–Crippen LogP) is 5.18. The van der Waals surface area contributed by atoms with E-state index >= 15 is 0 Å². The van der Waals surface area contributed by atoms with Crippen molar-refractivity contribution in [1.29, 1.82) is 0 Å². The maximum absolute atomic E-state index is 3.61. The minimum atomic E-state index is 0.328. The Kier molecular flexibility index (Phi) is 5.06. The molecule has 0 saturated carbocycles. The van der Waals surface area contributed by atoms with Gasteiger partial charge in [0.1, 0.15) is 0 Å². The summed E-state index contributed by atoms with van der Waals surface area (Å²) in [6, 6.07) is 4.86. The van der Waals surface area contributed by atoms with E-state index in [4.69, 9.17) is 0 Å². The third-order valence-electron chi connectivity index (χ3n) is 2.49. The van der Waals surface area contributed by atoms with Gasteiger partial charge in [-0.15, -0.1) is 22.7 Å². The number of rotatable bonds is 4. The van der Waals surface area contributed by atoms with Crippen LogP contribution in [0.25, 0.3) is 0 Å². The van der Waals surface area contributed by atoms with Crippen molar-refractivity contribution in [2.75, 3.05) is 6.54 Å². The Bertz CT molecular complexity index is 487. The number of halogens is 2. The fourth-order valence-electron chi connectivity index (χ4n) is 1.69. The molecule has 0 fully saturated rings. The van der Waals surface area contributed by atoms with Crippen molar-refractivity contribution in [3.05, 3.63) is 40.2 Å². The minimum Gasteiger partial charge on any atom is -0.306 e. The molecule has 1 nitrogen and oxygen atoms in total. The first-order chi connectivity index (χ1) is 8.11. The van der Waals surface area contributed by atoms with Gasteiger partial charge in [0.25, 0.3) is 0 Å². The van der Waals surface area contributed by atoms with Gasteiger partial charge in [-0.1, -0.05) is 6.92 Å². The van der Waals surface area contributed by atoms with Crippen LogP contribution in [0.4, 0.5) is 0 Å². The van der Waals surface area contributed by atoms with Crippen LogP contribution in [0.3, 0.4) is 0 Å². The number of nitrogens with one attached hydrogen (secondary N) is 1. The van der Waals surface area contributed by atoms with Crippen molar-refractivity contribution in [3.8, 4) is 0 Å². The fourth-order valence-corrected chi connectivity index (χ4v) is 4.76. The van der Waals surface area contributed by atoms with E-state index in [1.54, 1.807) is 11.3 Å². The maximum Gasteiger partial charge on any atom is 0.0731 e. The second-order valence-corrected chi connectivity index (χ2v) is 8.99. The molecule has 17 heavy (non-hydrogen) atoms. The molecule has 92 valence electrons. The third kappa shape index (κ3) is 3.32. The summed E-state index contributed by atoms with van der Waals surface area (Å²) in [6.45, 7) is 5.27. The molecule has 0 bridgehead atoms. The van der Waals surface area contributed by atoms with E-state index in [1.165, 1.54) is 22.7 Å². The monoisotopic (exact) mass is 441 g/mol. The van der Waals surface area contributed by atoms with Gasteiger partial charge in [0.15, 0.2) is 0 Å². The van der Waals surface area contributed by atoms with Crippen LogP contribution in [0.15, 0.2) is 21.3 Å². The van der Waals surface area contributed by atoms with Gasteiger partial charge >= 0.3 is 0 Å². The average Bonchev–Trinajstić information content (AvgIpc) is 2.83.